The summed E-state index contributed by atoms with van der Waals surface area (Å²) in [5, 5.41) is 3.66. The van der Waals surface area contributed by atoms with Crippen molar-refractivity contribution in [1.82, 2.24) is 30.2 Å². The van der Waals surface area contributed by atoms with Crippen LogP contribution >= 0.6 is 0 Å². The monoisotopic (exact) mass is 490 g/mol. The summed E-state index contributed by atoms with van der Waals surface area (Å²) in [6, 6.07) is 5.40. The van der Waals surface area contributed by atoms with Crippen molar-refractivity contribution < 1.29 is 13.9 Å². The molecule has 4 aromatic rings. The van der Waals surface area contributed by atoms with E-state index in [0.29, 0.717) is 53.1 Å². The fourth-order valence-electron chi connectivity index (χ4n) is 5.46. The van der Waals surface area contributed by atoms with Gasteiger partial charge in [0.25, 0.3) is 5.56 Å². The minimum Gasteiger partial charge on any atom is -0.481 e. The Hall–Kier alpha value is -3.50. The summed E-state index contributed by atoms with van der Waals surface area (Å²) in [6.45, 7) is 1.18. The molecule has 4 aromatic heterocycles. The molecule has 2 saturated heterocycles. The van der Waals surface area contributed by atoms with Gasteiger partial charge in [0.05, 0.1) is 60.2 Å². The number of H-pyrrole nitrogens is 1. The van der Waals surface area contributed by atoms with Crippen LogP contribution in [-0.4, -0.2) is 49.8 Å². The molecule has 9 nitrogen and oxygen atoms in total. The molecule has 3 fully saturated rings. The third kappa shape index (κ3) is 4.20. The molecule has 0 amide bonds. The van der Waals surface area contributed by atoms with Crippen molar-refractivity contribution in [3.63, 3.8) is 0 Å². The van der Waals surface area contributed by atoms with Gasteiger partial charge in [0, 0.05) is 23.7 Å². The first-order valence-corrected chi connectivity index (χ1v) is 12.2. The summed E-state index contributed by atoms with van der Waals surface area (Å²) >= 11 is 0. The molecular formula is C26H27FN6O3. The molecular weight excluding hydrogens is 463 g/mol. The quantitative estimate of drug-likeness (QED) is 0.406. The number of methoxy groups -OCH3 is 1. The van der Waals surface area contributed by atoms with Gasteiger partial charge >= 0.3 is 0 Å². The molecule has 36 heavy (non-hydrogen) atoms. The van der Waals surface area contributed by atoms with Gasteiger partial charge in [0.2, 0.25) is 5.88 Å². The second-order valence-corrected chi connectivity index (χ2v) is 9.85. The number of fused-ring (bicyclic) bond motifs is 5. The van der Waals surface area contributed by atoms with Gasteiger partial charge in [0.1, 0.15) is 11.3 Å². The first kappa shape index (κ1) is 22.9. The number of aryl methyl sites for hydroxylation is 1. The van der Waals surface area contributed by atoms with Crippen molar-refractivity contribution in [3.05, 3.63) is 64.2 Å². The lowest BCUT2D eigenvalue weighted by molar-refractivity contribution is -0.165. The van der Waals surface area contributed by atoms with Gasteiger partial charge in [0.15, 0.2) is 0 Å². The average Bonchev–Trinajstić information content (AvgIpc) is 2.92. The highest BCUT2D eigenvalue weighted by Gasteiger charge is 2.49. The van der Waals surface area contributed by atoms with E-state index in [1.54, 1.807) is 25.4 Å². The molecule has 0 radical (unpaired) electrons. The molecule has 0 unspecified atom stereocenters. The summed E-state index contributed by atoms with van der Waals surface area (Å²) in [4.78, 5) is 31.6. The summed E-state index contributed by atoms with van der Waals surface area (Å²) in [5.74, 6) is 0.0991. The predicted octanol–water partition coefficient (Wildman–Crippen LogP) is 3.21. The minimum absolute atomic E-state index is 0.107. The second-order valence-electron chi connectivity index (χ2n) is 9.85. The van der Waals surface area contributed by atoms with Crippen LogP contribution in [0.2, 0.25) is 0 Å². The van der Waals surface area contributed by atoms with Gasteiger partial charge < -0.3 is 19.8 Å². The Morgan fingerprint density at radius 2 is 1.94 bits per heavy atom. The van der Waals surface area contributed by atoms with Crippen LogP contribution in [0.1, 0.15) is 43.4 Å². The highest BCUT2D eigenvalue weighted by molar-refractivity contribution is 5.78. The van der Waals surface area contributed by atoms with Gasteiger partial charge in [-0.2, -0.15) is 0 Å². The largest absolute Gasteiger partial charge is 0.481 e. The van der Waals surface area contributed by atoms with E-state index in [0.717, 1.165) is 37.8 Å². The predicted molar refractivity (Wildman–Crippen MR) is 131 cm³/mol. The number of nitrogens with zero attached hydrogens (tertiary/aromatic N) is 4. The Balaban J connectivity index is 1.12. The van der Waals surface area contributed by atoms with Crippen LogP contribution in [0.15, 0.2) is 41.6 Å². The summed E-state index contributed by atoms with van der Waals surface area (Å²) < 4.78 is 26.4. The highest BCUT2D eigenvalue weighted by Crippen LogP contribution is 2.46. The van der Waals surface area contributed by atoms with Crippen molar-refractivity contribution >= 4 is 22.1 Å². The molecule has 186 valence electrons. The Morgan fingerprint density at radius 3 is 2.72 bits per heavy atom. The Kier molecular flexibility index (Phi) is 5.65. The number of ether oxygens (including phenoxy) is 2. The summed E-state index contributed by atoms with van der Waals surface area (Å²) in [7, 11) is 1.55. The fourth-order valence-corrected chi connectivity index (χ4v) is 5.46. The number of hydrogen-bond acceptors (Lipinski definition) is 8. The van der Waals surface area contributed by atoms with E-state index in [2.05, 4.69) is 30.2 Å². The van der Waals surface area contributed by atoms with Gasteiger partial charge in [-0.1, -0.05) is 0 Å². The average molecular weight is 491 g/mol. The van der Waals surface area contributed by atoms with Crippen molar-refractivity contribution in [2.75, 3.05) is 13.7 Å². The lowest BCUT2D eigenvalue weighted by Gasteiger charge is -2.53. The van der Waals surface area contributed by atoms with Gasteiger partial charge in [-0.05, 0) is 50.7 Å². The standard InChI is InChI=1S/C26H27FN6O3/c1-35-23-3-2-19-24(33-23)17(18(27)12-29-19)4-5-26-8-6-25(7-9-26,15-36-26)31-11-16-10-20-21(13-28-16)30-14-22(34)32-20/h2-3,10,12-14,31H,4-9,11,15H2,1H3,(H,32,34). The molecule has 1 saturated carbocycles. The number of nitrogens with one attached hydrogen (secondary N) is 2. The van der Waals surface area contributed by atoms with Crippen molar-refractivity contribution in [3.8, 4) is 5.88 Å². The molecule has 2 bridgehead atoms. The fraction of sp³-hybridized carbons (Fsp3) is 0.423. The Labute approximate surface area is 206 Å². The molecule has 0 atom stereocenters. The first-order valence-electron chi connectivity index (χ1n) is 12.2. The molecule has 10 heteroatoms. The molecule has 3 aliphatic rings. The molecule has 1 aliphatic carbocycles. The van der Waals surface area contributed by atoms with E-state index in [1.807, 2.05) is 6.07 Å². The number of aromatic amines is 1. The lowest BCUT2D eigenvalue weighted by atomic mass is 9.69. The first-order chi connectivity index (χ1) is 17.5. The maximum Gasteiger partial charge on any atom is 0.266 e. The topological polar surface area (TPSA) is 115 Å². The smallest absolute Gasteiger partial charge is 0.266 e. The van der Waals surface area contributed by atoms with Gasteiger partial charge in [-0.15, -0.1) is 0 Å². The number of hydrogen-bond donors (Lipinski definition) is 2. The van der Waals surface area contributed by atoms with E-state index in [4.69, 9.17) is 9.47 Å². The molecule has 7 rings (SSSR count). The lowest BCUT2D eigenvalue weighted by Crippen LogP contribution is -2.61. The van der Waals surface area contributed by atoms with Crippen LogP contribution < -0.4 is 15.6 Å². The number of aromatic nitrogens is 5. The van der Waals surface area contributed by atoms with Crippen LogP contribution in [0, 0.1) is 5.82 Å². The van der Waals surface area contributed by atoms with Crippen LogP contribution in [0.25, 0.3) is 22.1 Å². The van der Waals surface area contributed by atoms with E-state index < -0.39 is 0 Å². The highest BCUT2D eigenvalue weighted by atomic mass is 19.1. The Morgan fingerprint density at radius 1 is 1.11 bits per heavy atom. The Bertz CT molecular complexity index is 1480. The van der Waals surface area contributed by atoms with Gasteiger partial charge in [-0.3, -0.25) is 14.8 Å². The number of halogens is 1. The van der Waals surface area contributed by atoms with E-state index >= 15 is 0 Å². The maximum atomic E-state index is 14.8. The molecule has 6 heterocycles. The van der Waals surface area contributed by atoms with E-state index in [9.17, 15) is 9.18 Å². The number of rotatable bonds is 7. The molecule has 2 N–H and O–H groups in total. The third-order valence-corrected chi connectivity index (χ3v) is 7.72. The normalized spacial score (nSPS) is 23.4. The van der Waals surface area contributed by atoms with Crippen LogP contribution in [0.3, 0.4) is 0 Å². The molecule has 0 spiro atoms. The summed E-state index contributed by atoms with van der Waals surface area (Å²) in [6.07, 6.45) is 9.22. The van der Waals surface area contributed by atoms with Crippen LogP contribution in [0.5, 0.6) is 5.88 Å². The summed E-state index contributed by atoms with van der Waals surface area (Å²) in [5.41, 5.74) is 3.35. The zero-order valence-corrected chi connectivity index (χ0v) is 20.0. The SMILES string of the molecule is COc1ccc2ncc(F)c(CCC34CCC(NCc5cc6[nH]c(=O)cnc6cn5)(CC3)CO4)c2n1. The maximum absolute atomic E-state index is 14.8. The van der Waals surface area contributed by atoms with Crippen LogP contribution in [-0.2, 0) is 17.7 Å². The number of pyridine rings is 3. The van der Waals surface area contributed by atoms with Crippen molar-refractivity contribution in [2.24, 2.45) is 0 Å². The van der Waals surface area contributed by atoms with Crippen molar-refractivity contribution in [2.45, 2.75) is 56.2 Å². The van der Waals surface area contributed by atoms with Crippen molar-refractivity contribution in [1.29, 1.82) is 0 Å². The third-order valence-electron chi connectivity index (χ3n) is 7.72. The molecule has 0 aromatic carbocycles. The minimum atomic E-state index is -0.346. The zero-order valence-electron chi connectivity index (χ0n) is 20.0. The van der Waals surface area contributed by atoms with E-state index in [1.165, 1.54) is 12.4 Å². The van der Waals surface area contributed by atoms with Gasteiger partial charge in [-0.25, -0.2) is 14.4 Å². The zero-order chi connectivity index (χ0) is 24.8. The van der Waals surface area contributed by atoms with Crippen LogP contribution in [0.4, 0.5) is 4.39 Å². The molecule has 2 aliphatic heterocycles. The second kappa shape index (κ2) is 8.86. The van der Waals surface area contributed by atoms with E-state index in [-0.39, 0.29) is 22.5 Å².